The van der Waals surface area contributed by atoms with E-state index in [1.165, 1.54) is 5.71 Å². The SMILES string of the molecule is CC1CC(=NOC2CCOCC2)C1. The molecule has 1 saturated carbocycles. The zero-order chi connectivity index (χ0) is 9.10. The molecule has 1 heterocycles. The zero-order valence-corrected chi connectivity index (χ0v) is 8.16. The molecule has 0 bridgehead atoms. The summed E-state index contributed by atoms with van der Waals surface area (Å²) in [5.74, 6) is 0.817. The van der Waals surface area contributed by atoms with Crippen LogP contribution in [-0.2, 0) is 9.57 Å². The molecule has 1 aliphatic heterocycles. The van der Waals surface area contributed by atoms with Gasteiger partial charge in [-0.2, -0.15) is 0 Å². The molecular weight excluding hydrogens is 166 g/mol. The number of nitrogens with zero attached hydrogens (tertiary/aromatic N) is 1. The third-order valence-electron chi connectivity index (χ3n) is 2.67. The molecule has 0 radical (unpaired) electrons. The average molecular weight is 183 g/mol. The Morgan fingerprint density at radius 1 is 1.31 bits per heavy atom. The molecule has 0 spiro atoms. The molecule has 1 aliphatic carbocycles. The Morgan fingerprint density at radius 3 is 2.62 bits per heavy atom. The summed E-state index contributed by atoms with van der Waals surface area (Å²) >= 11 is 0. The summed E-state index contributed by atoms with van der Waals surface area (Å²) < 4.78 is 5.24. The van der Waals surface area contributed by atoms with Gasteiger partial charge >= 0.3 is 0 Å². The summed E-state index contributed by atoms with van der Waals surface area (Å²) in [5.41, 5.74) is 1.24. The maximum atomic E-state index is 5.44. The van der Waals surface area contributed by atoms with Crippen LogP contribution < -0.4 is 0 Å². The fourth-order valence-corrected chi connectivity index (χ4v) is 1.75. The van der Waals surface area contributed by atoms with Crippen molar-refractivity contribution in [3.8, 4) is 0 Å². The van der Waals surface area contributed by atoms with Crippen LogP contribution in [0.4, 0.5) is 0 Å². The highest BCUT2D eigenvalue weighted by atomic mass is 16.6. The highest BCUT2D eigenvalue weighted by Gasteiger charge is 2.21. The number of hydrogen-bond donors (Lipinski definition) is 0. The van der Waals surface area contributed by atoms with E-state index in [0.717, 1.165) is 44.8 Å². The first-order chi connectivity index (χ1) is 6.34. The standard InChI is InChI=1S/C10H17NO2/c1-8-6-9(7-8)11-13-10-2-4-12-5-3-10/h8,10H,2-7H2,1H3. The van der Waals surface area contributed by atoms with Crippen molar-refractivity contribution in [1.29, 1.82) is 0 Å². The Balaban J connectivity index is 1.69. The van der Waals surface area contributed by atoms with E-state index >= 15 is 0 Å². The Bertz CT molecular complexity index is 189. The highest BCUT2D eigenvalue weighted by molar-refractivity contribution is 5.89. The van der Waals surface area contributed by atoms with Gasteiger partial charge in [0, 0.05) is 12.8 Å². The summed E-state index contributed by atoms with van der Waals surface area (Å²) in [6.45, 7) is 3.89. The molecule has 2 rings (SSSR count). The summed E-state index contributed by atoms with van der Waals surface area (Å²) in [4.78, 5) is 5.44. The number of oxime groups is 1. The van der Waals surface area contributed by atoms with Crippen LogP contribution >= 0.6 is 0 Å². The van der Waals surface area contributed by atoms with E-state index in [9.17, 15) is 0 Å². The number of rotatable bonds is 2. The van der Waals surface area contributed by atoms with Crippen molar-refractivity contribution in [2.45, 2.75) is 38.7 Å². The molecule has 0 amide bonds. The van der Waals surface area contributed by atoms with Gasteiger partial charge in [0.2, 0.25) is 0 Å². The minimum absolute atomic E-state index is 0.303. The molecule has 1 saturated heterocycles. The van der Waals surface area contributed by atoms with Crippen molar-refractivity contribution in [1.82, 2.24) is 0 Å². The minimum Gasteiger partial charge on any atom is -0.392 e. The molecule has 2 aliphatic rings. The molecule has 0 aromatic heterocycles. The van der Waals surface area contributed by atoms with Gasteiger partial charge < -0.3 is 9.57 Å². The predicted molar refractivity (Wildman–Crippen MR) is 50.8 cm³/mol. The monoisotopic (exact) mass is 183 g/mol. The first-order valence-electron chi connectivity index (χ1n) is 5.14. The molecule has 0 N–H and O–H groups in total. The molecule has 74 valence electrons. The number of ether oxygens (including phenoxy) is 1. The maximum absolute atomic E-state index is 5.44. The van der Waals surface area contributed by atoms with E-state index in [2.05, 4.69) is 12.1 Å². The van der Waals surface area contributed by atoms with E-state index in [-0.39, 0.29) is 0 Å². The predicted octanol–water partition coefficient (Wildman–Crippen LogP) is 1.97. The topological polar surface area (TPSA) is 30.8 Å². The van der Waals surface area contributed by atoms with Gasteiger partial charge in [0.15, 0.2) is 0 Å². The van der Waals surface area contributed by atoms with Gasteiger partial charge in [-0.25, -0.2) is 0 Å². The largest absolute Gasteiger partial charge is 0.392 e. The van der Waals surface area contributed by atoms with Crippen molar-refractivity contribution in [3.63, 3.8) is 0 Å². The van der Waals surface area contributed by atoms with Gasteiger partial charge in [-0.1, -0.05) is 12.1 Å². The Kier molecular flexibility index (Phi) is 2.83. The lowest BCUT2D eigenvalue weighted by molar-refractivity contribution is -0.0309. The quantitative estimate of drug-likeness (QED) is 0.613. The van der Waals surface area contributed by atoms with Crippen LogP contribution in [0.1, 0.15) is 32.6 Å². The molecule has 3 nitrogen and oxygen atoms in total. The number of hydrogen-bond acceptors (Lipinski definition) is 3. The van der Waals surface area contributed by atoms with Crippen LogP contribution in [0.15, 0.2) is 5.16 Å². The first-order valence-corrected chi connectivity index (χ1v) is 5.14. The maximum Gasteiger partial charge on any atom is 0.131 e. The van der Waals surface area contributed by atoms with Crippen LogP contribution in [0, 0.1) is 5.92 Å². The van der Waals surface area contributed by atoms with Crippen molar-refractivity contribution in [2.24, 2.45) is 11.1 Å². The molecule has 3 heteroatoms. The van der Waals surface area contributed by atoms with Gasteiger partial charge in [-0.15, -0.1) is 0 Å². The van der Waals surface area contributed by atoms with E-state index in [0.29, 0.717) is 6.10 Å². The summed E-state index contributed by atoms with van der Waals surface area (Å²) in [7, 11) is 0. The van der Waals surface area contributed by atoms with Gasteiger partial charge in [-0.05, 0) is 18.8 Å². The van der Waals surface area contributed by atoms with Crippen LogP contribution in [-0.4, -0.2) is 25.0 Å². The zero-order valence-electron chi connectivity index (χ0n) is 8.16. The molecular formula is C10H17NO2. The van der Waals surface area contributed by atoms with Crippen molar-refractivity contribution >= 4 is 5.71 Å². The molecule has 0 aromatic rings. The van der Waals surface area contributed by atoms with Gasteiger partial charge in [0.1, 0.15) is 6.10 Å². The lowest BCUT2D eigenvalue weighted by Gasteiger charge is -2.25. The van der Waals surface area contributed by atoms with E-state index < -0.39 is 0 Å². The van der Waals surface area contributed by atoms with Crippen molar-refractivity contribution in [2.75, 3.05) is 13.2 Å². The molecule has 2 fully saturated rings. The third kappa shape index (κ3) is 2.44. The van der Waals surface area contributed by atoms with Gasteiger partial charge in [0.05, 0.1) is 18.9 Å². The average Bonchev–Trinajstić information content (AvgIpc) is 2.12. The van der Waals surface area contributed by atoms with Gasteiger partial charge in [0.25, 0.3) is 0 Å². The van der Waals surface area contributed by atoms with Crippen LogP contribution in [0.2, 0.25) is 0 Å². The van der Waals surface area contributed by atoms with Crippen molar-refractivity contribution < 1.29 is 9.57 Å². The molecule has 0 atom stereocenters. The van der Waals surface area contributed by atoms with Crippen LogP contribution in [0.5, 0.6) is 0 Å². The lowest BCUT2D eigenvalue weighted by atomic mass is 9.85. The first kappa shape index (κ1) is 9.00. The van der Waals surface area contributed by atoms with E-state index in [1.54, 1.807) is 0 Å². The molecule has 0 unspecified atom stereocenters. The smallest absolute Gasteiger partial charge is 0.131 e. The van der Waals surface area contributed by atoms with E-state index in [1.807, 2.05) is 0 Å². The summed E-state index contributed by atoms with van der Waals surface area (Å²) in [5, 5.41) is 4.16. The normalized spacial score (nSPS) is 29.6. The Hall–Kier alpha value is -0.570. The summed E-state index contributed by atoms with van der Waals surface area (Å²) in [6.07, 6.45) is 4.54. The van der Waals surface area contributed by atoms with Crippen LogP contribution in [0.25, 0.3) is 0 Å². The second-order valence-corrected chi connectivity index (χ2v) is 4.09. The fraction of sp³-hybridized carbons (Fsp3) is 0.900. The Labute approximate surface area is 79.1 Å². The minimum atomic E-state index is 0.303. The second kappa shape index (κ2) is 4.09. The summed E-state index contributed by atoms with van der Waals surface area (Å²) in [6, 6.07) is 0. The highest BCUT2D eigenvalue weighted by Crippen LogP contribution is 2.24. The molecule has 0 aromatic carbocycles. The Morgan fingerprint density at radius 2 is 2.00 bits per heavy atom. The fourth-order valence-electron chi connectivity index (χ4n) is 1.75. The second-order valence-electron chi connectivity index (χ2n) is 4.09. The van der Waals surface area contributed by atoms with E-state index in [4.69, 9.17) is 9.57 Å². The molecule has 13 heavy (non-hydrogen) atoms. The van der Waals surface area contributed by atoms with Crippen LogP contribution in [0.3, 0.4) is 0 Å². The van der Waals surface area contributed by atoms with Crippen molar-refractivity contribution in [3.05, 3.63) is 0 Å². The lowest BCUT2D eigenvalue weighted by Crippen LogP contribution is -2.25. The van der Waals surface area contributed by atoms with Gasteiger partial charge in [-0.3, -0.25) is 0 Å². The third-order valence-corrected chi connectivity index (χ3v) is 2.67.